The highest BCUT2D eigenvalue weighted by molar-refractivity contribution is 7.66. The Morgan fingerprint density at radius 2 is 1.83 bits per heavy atom. The minimum absolute atomic E-state index is 0.000409. The molecular formula is C32H44N3O20P3. The standard InChI is InChI=1S/C32H44N3O20P3/c1-4-14-49-30(20-50-24-11-6-9-22(15-24)25(37)12-5-8-21(2)36)51-19-28(38)33-13-7-10-23-17-35(32(40)34-31(23)39)29-16-26(48-3)27(53-29)18-52-57(44,45)55-58(46,47)54-56(41,42)43/h4,6-7,9-11,15,17,26-27,29-30H,1,5,8,12-14,16,18-20H2,2-3H3,(H,33,38)(H,44,45)(H,46,47)(H,34,39,40)(H2,41,42,43)/b10-7+/t26-,27?,29+,30?/m1/s1. The normalized spacial score (nSPS) is 19.6. The zero-order chi connectivity index (χ0) is 43.1. The fraction of sp³-hybridized carbons (Fsp3) is 0.469. The summed E-state index contributed by atoms with van der Waals surface area (Å²) in [5, 5.41) is 2.56. The van der Waals surface area contributed by atoms with E-state index in [1.165, 1.54) is 32.3 Å². The van der Waals surface area contributed by atoms with E-state index in [1.54, 1.807) is 24.3 Å². The predicted octanol–water partition coefficient (Wildman–Crippen LogP) is 1.88. The molecule has 0 saturated carbocycles. The molecule has 58 heavy (non-hydrogen) atoms. The number of carbonyl (C=O) groups excluding carboxylic acids is 3. The lowest BCUT2D eigenvalue weighted by molar-refractivity contribution is -0.162. The Balaban J connectivity index is 1.54. The Kier molecular flexibility index (Phi) is 18.9. The van der Waals surface area contributed by atoms with Gasteiger partial charge in [0.2, 0.25) is 5.91 Å². The van der Waals surface area contributed by atoms with Crippen molar-refractivity contribution >= 4 is 47.0 Å². The Morgan fingerprint density at radius 3 is 2.50 bits per heavy atom. The number of benzene rings is 1. The summed E-state index contributed by atoms with van der Waals surface area (Å²) in [6.07, 6.45) is 1.95. The molecule has 1 aromatic carbocycles. The van der Waals surface area contributed by atoms with Crippen molar-refractivity contribution in [2.24, 2.45) is 0 Å². The summed E-state index contributed by atoms with van der Waals surface area (Å²) in [5.74, 6) is -0.358. The molecule has 3 rings (SSSR count). The second-order valence-corrected chi connectivity index (χ2v) is 16.6. The highest BCUT2D eigenvalue weighted by Crippen LogP contribution is 2.66. The lowest BCUT2D eigenvalue weighted by Crippen LogP contribution is -2.34. The van der Waals surface area contributed by atoms with Crippen molar-refractivity contribution in [3.8, 4) is 5.75 Å². The average Bonchev–Trinajstić information content (AvgIpc) is 3.54. The van der Waals surface area contributed by atoms with Crippen LogP contribution in [0.1, 0.15) is 54.8 Å². The SMILES string of the molecule is C=CCOC(COc1cccc(C(=O)CCCC(C)=O)c1)OCC(=O)NC/C=C/c1cn([C@@H]2C[C@@H](OC)C(COP(=O)(O)OP(=O)(O)OP(=O)(O)O)O2)c(=O)[nH]c1=O. The van der Waals surface area contributed by atoms with Gasteiger partial charge in [-0.05, 0) is 25.5 Å². The molecule has 6 N–H and O–H groups in total. The van der Waals surface area contributed by atoms with Gasteiger partial charge in [0.25, 0.3) is 5.56 Å². The maximum absolute atomic E-state index is 12.7. The number of rotatable bonds is 26. The molecule has 1 aromatic heterocycles. The van der Waals surface area contributed by atoms with Gasteiger partial charge in [-0.3, -0.25) is 28.5 Å². The first-order chi connectivity index (χ1) is 27.2. The fourth-order valence-electron chi connectivity index (χ4n) is 5.04. The minimum Gasteiger partial charge on any atom is -0.488 e. The largest absolute Gasteiger partial charge is 0.490 e. The molecule has 0 spiro atoms. The highest BCUT2D eigenvalue weighted by atomic mass is 31.3. The number of phosphoric acid groups is 3. The van der Waals surface area contributed by atoms with Gasteiger partial charge in [-0.1, -0.05) is 30.4 Å². The summed E-state index contributed by atoms with van der Waals surface area (Å²) in [5.41, 5.74) is -1.33. The van der Waals surface area contributed by atoms with Gasteiger partial charge in [0.05, 0.1) is 24.9 Å². The molecule has 1 amide bonds. The molecule has 2 heterocycles. The van der Waals surface area contributed by atoms with E-state index in [1.807, 2.05) is 0 Å². The van der Waals surface area contributed by atoms with E-state index in [-0.39, 0.29) is 49.7 Å². The summed E-state index contributed by atoms with van der Waals surface area (Å²) >= 11 is 0. The maximum atomic E-state index is 12.7. The minimum atomic E-state index is -5.76. The molecule has 23 nitrogen and oxygen atoms in total. The smallest absolute Gasteiger partial charge is 0.488 e. The Hall–Kier alpha value is -3.76. The first-order valence-electron chi connectivity index (χ1n) is 17.1. The molecule has 1 saturated heterocycles. The third-order valence-electron chi connectivity index (χ3n) is 7.60. The van der Waals surface area contributed by atoms with Gasteiger partial charge >= 0.3 is 29.2 Å². The third kappa shape index (κ3) is 17.2. The van der Waals surface area contributed by atoms with E-state index in [9.17, 15) is 47.5 Å². The number of methoxy groups -OCH3 is 1. The number of hydrogen-bond acceptors (Lipinski definition) is 16. The van der Waals surface area contributed by atoms with Crippen LogP contribution in [-0.4, -0.2) is 105 Å². The summed E-state index contributed by atoms with van der Waals surface area (Å²) in [6.45, 7) is 3.58. The number of ketones is 2. The van der Waals surface area contributed by atoms with Gasteiger partial charge in [0, 0.05) is 44.7 Å². The predicted molar refractivity (Wildman–Crippen MR) is 199 cm³/mol. The highest BCUT2D eigenvalue weighted by Gasteiger charge is 2.43. The first-order valence-corrected chi connectivity index (χ1v) is 21.6. The molecule has 1 aliphatic heterocycles. The number of ether oxygens (including phenoxy) is 5. The molecule has 0 bridgehead atoms. The molecule has 26 heteroatoms. The lowest BCUT2D eigenvalue weighted by atomic mass is 10.0. The van der Waals surface area contributed by atoms with E-state index in [2.05, 4.69) is 30.0 Å². The van der Waals surface area contributed by atoms with Crippen LogP contribution in [0.3, 0.4) is 0 Å². The van der Waals surface area contributed by atoms with E-state index in [4.69, 9.17) is 33.5 Å². The van der Waals surface area contributed by atoms with Gasteiger partial charge in [-0.2, -0.15) is 8.62 Å². The van der Waals surface area contributed by atoms with Gasteiger partial charge in [-0.15, -0.1) is 6.58 Å². The Morgan fingerprint density at radius 1 is 1.09 bits per heavy atom. The maximum Gasteiger partial charge on any atom is 0.490 e. The van der Waals surface area contributed by atoms with E-state index >= 15 is 0 Å². The topological polar surface area (TPSA) is 324 Å². The molecule has 0 radical (unpaired) electrons. The van der Waals surface area contributed by atoms with Crippen molar-refractivity contribution in [2.75, 3.05) is 40.1 Å². The van der Waals surface area contributed by atoms with Crippen LogP contribution in [0.4, 0.5) is 0 Å². The molecule has 1 aliphatic rings. The van der Waals surface area contributed by atoms with Crippen LogP contribution in [0, 0.1) is 0 Å². The van der Waals surface area contributed by atoms with E-state index < -0.39 is 78.6 Å². The Labute approximate surface area is 330 Å². The quantitative estimate of drug-likeness (QED) is 0.0340. The number of nitrogens with zero attached hydrogens (tertiary/aromatic N) is 1. The van der Waals surface area contributed by atoms with Gasteiger partial charge in [-0.25, -0.2) is 18.5 Å². The zero-order valence-corrected chi connectivity index (χ0v) is 33.8. The van der Waals surface area contributed by atoms with Crippen molar-refractivity contribution in [1.82, 2.24) is 14.9 Å². The van der Waals surface area contributed by atoms with Gasteiger partial charge < -0.3 is 53.4 Å². The van der Waals surface area contributed by atoms with Crippen molar-refractivity contribution < 1.29 is 84.5 Å². The van der Waals surface area contributed by atoms with Crippen LogP contribution in [0.5, 0.6) is 5.75 Å². The number of aromatic nitrogens is 2. The van der Waals surface area contributed by atoms with Crippen molar-refractivity contribution in [1.29, 1.82) is 0 Å². The molecular weight excluding hydrogens is 839 g/mol. The summed E-state index contributed by atoms with van der Waals surface area (Å²) in [4.78, 5) is 100.0. The second-order valence-electron chi connectivity index (χ2n) is 12.2. The van der Waals surface area contributed by atoms with Crippen molar-refractivity contribution in [2.45, 2.75) is 57.3 Å². The Bertz CT molecular complexity index is 2050. The molecule has 0 aliphatic carbocycles. The van der Waals surface area contributed by atoms with Gasteiger partial charge in [0.15, 0.2) is 12.1 Å². The molecule has 2 aromatic rings. The summed E-state index contributed by atoms with van der Waals surface area (Å²) < 4.78 is 75.4. The number of carbonyl (C=O) groups is 3. The zero-order valence-electron chi connectivity index (χ0n) is 31.1. The number of nitrogens with one attached hydrogen (secondary N) is 2. The van der Waals surface area contributed by atoms with Crippen molar-refractivity contribution in [3.63, 3.8) is 0 Å². The van der Waals surface area contributed by atoms with Gasteiger partial charge in [0.1, 0.15) is 37.1 Å². The van der Waals surface area contributed by atoms with E-state index in [0.29, 0.717) is 24.2 Å². The third-order valence-corrected chi connectivity index (χ3v) is 11.4. The number of H-pyrrole nitrogens is 1. The fourth-order valence-corrected chi connectivity index (χ4v) is 8.07. The molecule has 6 atom stereocenters. The number of hydrogen-bond donors (Lipinski definition) is 6. The number of amides is 1. The first kappa shape index (κ1) is 48.6. The van der Waals surface area contributed by atoms with Crippen LogP contribution < -0.4 is 21.3 Å². The molecule has 4 unspecified atom stereocenters. The van der Waals surface area contributed by atoms with Crippen LogP contribution >= 0.6 is 23.5 Å². The van der Waals surface area contributed by atoms with Crippen LogP contribution in [0.2, 0.25) is 0 Å². The average molecular weight is 884 g/mol. The lowest BCUT2D eigenvalue weighted by Gasteiger charge is -2.20. The summed E-state index contributed by atoms with van der Waals surface area (Å²) in [6, 6.07) is 6.45. The molecule has 1 fully saturated rings. The van der Waals surface area contributed by atoms with E-state index in [0.717, 1.165) is 10.8 Å². The monoisotopic (exact) mass is 883 g/mol. The second kappa shape index (κ2) is 22.6. The van der Waals surface area contributed by atoms with Crippen LogP contribution in [-0.2, 0) is 55.4 Å². The number of aromatic amines is 1. The van der Waals surface area contributed by atoms with Crippen LogP contribution in [0.25, 0.3) is 6.08 Å². The summed E-state index contributed by atoms with van der Waals surface area (Å²) in [7, 11) is -15.6. The van der Waals surface area contributed by atoms with Crippen molar-refractivity contribution in [3.05, 3.63) is 81.2 Å². The molecule has 322 valence electrons. The number of Topliss-reactive ketones (excluding diaryl/α,β-unsaturated/α-hetero) is 2. The number of phosphoric ester groups is 1. The van der Waals surface area contributed by atoms with Crippen LogP contribution in [0.15, 0.2) is 58.8 Å².